The van der Waals surface area contributed by atoms with Gasteiger partial charge < -0.3 is 15.5 Å². The molecule has 1 fully saturated rings. The van der Waals surface area contributed by atoms with Gasteiger partial charge in [-0.3, -0.25) is 10.00 Å². The van der Waals surface area contributed by atoms with Crippen LogP contribution < -0.4 is 10.6 Å². The van der Waals surface area contributed by atoms with Gasteiger partial charge in [0.2, 0.25) is 5.95 Å². The fourth-order valence-electron chi connectivity index (χ4n) is 4.26. The third-order valence-corrected chi connectivity index (χ3v) is 6.29. The van der Waals surface area contributed by atoms with E-state index in [-0.39, 0.29) is 5.82 Å². The van der Waals surface area contributed by atoms with Crippen LogP contribution in [-0.2, 0) is 12.1 Å². The minimum atomic E-state index is -1.20. The zero-order valence-corrected chi connectivity index (χ0v) is 18.0. The van der Waals surface area contributed by atoms with Crippen molar-refractivity contribution in [3.8, 4) is 0 Å². The van der Waals surface area contributed by atoms with E-state index >= 15 is 4.39 Å². The maximum absolute atomic E-state index is 15.5. The molecule has 0 atom stereocenters. The van der Waals surface area contributed by atoms with Crippen molar-refractivity contribution in [2.45, 2.75) is 51.4 Å². The van der Waals surface area contributed by atoms with E-state index in [4.69, 9.17) is 0 Å². The molecule has 4 rings (SSSR count). The Bertz CT molecular complexity index is 904. The van der Waals surface area contributed by atoms with Gasteiger partial charge >= 0.3 is 0 Å². The van der Waals surface area contributed by atoms with Gasteiger partial charge in [0, 0.05) is 38.3 Å². The average Bonchev–Trinajstić information content (AvgIpc) is 3.20. The fraction of sp³-hybridized carbons (Fsp3) is 0.650. The Kier molecular flexibility index (Phi) is 5.39. The topological polar surface area (TPSA) is 85.0 Å². The molecule has 0 aromatic carbocycles. The van der Waals surface area contributed by atoms with Gasteiger partial charge in [0.05, 0.1) is 17.4 Å². The van der Waals surface area contributed by atoms with Crippen LogP contribution in [0.2, 0.25) is 0 Å². The van der Waals surface area contributed by atoms with Crippen LogP contribution in [0.5, 0.6) is 0 Å². The SMILES string of the molecule is CCNc1ncc(F)c(Nc2n[nH]c3c2CN(CC2(F)CCN(C)CC2)C3(C)C)n1. The summed E-state index contributed by atoms with van der Waals surface area (Å²) < 4.78 is 29.8. The Hall–Kier alpha value is -2.33. The highest BCUT2D eigenvalue weighted by Gasteiger charge is 2.46. The first-order valence-electron chi connectivity index (χ1n) is 10.5. The molecule has 2 aromatic rings. The number of aromatic amines is 1. The van der Waals surface area contributed by atoms with Gasteiger partial charge in [-0.1, -0.05) is 0 Å². The molecule has 8 nitrogen and oxygen atoms in total. The summed E-state index contributed by atoms with van der Waals surface area (Å²) in [6.07, 6.45) is 2.20. The minimum Gasteiger partial charge on any atom is -0.354 e. The molecule has 2 aliphatic rings. The first kappa shape index (κ1) is 20.9. The van der Waals surface area contributed by atoms with E-state index in [1.54, 1.807) is 0 Å². The first-order chi connectivity index (χ1) is 14.2. The summed E-state index contributed by atoms with van der Waals surface area (Å²) in [5, 5.41) is 13.4. The molecular weight excluding hydrogens is 390 g/mol. The lowest BCUT2D eigenvalue weighted by Crippen LogP contribution is -2.50. The van der Waals surface area contributed by atoms with Crippen LogP contribution in [0.3, 0.4) is 0 Å². The van der Waals surface area contributed by atoms with E-state index in [2.05, 4.69) is 54.4 Å². The normalized spacial score (nSPS) is 20.9. The monoisotopic (exact) mass is 420 g/mol. The van der Waals surface area contributed by atoms with Crippen LogP contribution >= 0.6 is 0 Å². The van der Waals surface area contributed by atoms with Gasteiger partial charge in [-0.05, 0) is 40.7 Å². The minimum absolute atomic E-state index is 0.0591. The molecule has 0 saturated carbocycles. The largest absolute Gasteiger partial charge is 0.354 e. The van der Waals surface area contributed by atoms with Crippen LogP contribution in [0.1, 0.15) is 44.9 Å². The lowest BCUT2D eigenvalue weighted by Gasteiger charge is -2.41. The molecule has 0 bridgehead atoms. The highest BCUT2D eigenvalue weighted by molar-refractivity contribution is 5.60. The molecule has 2 aliphatic heterocycles. The van der Waals surface area contributed by atoms with Gasteiger partial charge in [-0.2, -0.15) is 10.1 Å². The third-order valence-electron chi connectivity index (χ3n) is 6.29. The van der Waals surface area contributed by atoms with Crippen molar-refractivity contribution in [3.63, 3.8) is 0 Å². The van der Waals surface area contributed by atoms with Gasteiger partial charge in [0.15, 0.2) is 17.5 Å². The number of rotatable bonds is 6. The summed E-state index contributed by atoms with van der Waals surface area (Å²) in [5.41, 5.74) is 0.236. The molecule has 0 amide bonds. The zero-order valence-electron chi connectivity index (χ0n) is 18.0. The number of hydrogen-bond donors (Lipinski definition) is 3. The number of fused-ring (bicyclic) bond motifs is 1. The molecule has 3 N–H and O–H groups in total. The molecule has 0 spiro atoms. The highest BCUT2D eigenvalue weighted by atomic mass is 19.1. The third kappa shape index (κ3) is 3.85. The van der Waals surface area contributed by atoms with Gasteiger partial charge in [-0.15, -0.1) is 0 Å². The van der Waals surface area contributed by atoms with Crippen molar-refractivity contribution in [1.29, 1.82) is 0 Å². The quantitative estimate of drug-likeness (QED) is 0.662. The number of hydrogen-bond acceptors (Lipinski definition) is 7. The number of H-pyrrole nitrogens is 1. The van der Waals surface area contributed by atoms with Crippen molar-refractivity contribution in [2.75, 3.05) is 43.9 Å². The van der Waals surface area contributed by atoms with Gasteiger partial charge in [0.1, 0.15) is 5.67 Å². The Balaban J connectivity index is 1.54. The number of halogens is 2. The number of piperidine rings is 1. The first-order valence-corrected chi connectivity index (χ1v) is 10.5. The van der Waals surface area contributed by atoms with E-state index in [0.717, 1.165) is 30.5 Å². The Morgan fingerprint density at radius 3 is 2.67 bits per heavy atom. The van der Waals surface area contributed by atoms with Crippen LogP contribution in [0.4, 0.5) is 26.4 Å². The predicted octanol–water partition coefficient (Wildman–Crippen LogP) is 3.00. The molecule has 2 aromatic heterocycles. The van der Waals surface area contributed by atoms with Crippen molar-refractivity contribution in [3.05, 3.63) is 23.3 Å². The molecule has 1 saturated heterocycles. The lowest BCUT2D eigenvalue weighted by molar-refractivity contribution is -0.000814. The Morgan fingerprint density at radius 1 is 1.23 bits per heavy atom. The van der Waals surface area contributed by atoms with Gasteiger partial charge in [-0.25, -0.2) is 13.8 Å². The van der Waals surface area contributed by atoms with Gasteiger partial charge in [0.25, 0.3) is 0 Å². The lowest BCUT2D eigenvalue weighted by atomic mass is 9.91. The molecule has 30 heavy (non-hydrogen) atoms. The number of nitrogens with zero attached hydrogens (tertiary/aromatic N) is 5. The van der Waals surface area contributed by atoms with Crippen LogP contribution in [-0.4, -0.2) is 68.9 Å². The Labute approximate surface area is 175 Å². The molecule has 10 heteroatoms. The summed E-state index contributed by atoms with van der Waals surface area (Å²) in [6.45, 7) is 9.11. The number of alkyl halides is 1. The van der Waals surface area contributed by atoms with E-state index in [9.17, 15) is 4.39 Å². The standard InChI is InChI=1S/C20H30F2N8/c1-5-23-18-24-10-14(21)17(26-18)25-16-13-11-30(19(2,3)15(13)27-28-16)12-20(22)6-8-29(4)9-7-20/h10H,5-9,11-12H2,1-4H3,(H3,23,24,25,26,27,28). The zero-order chi connectivity index (χ0) is 21.5. The van der Waals surface area contributed by atoms with Crippen molar-refractivity contribution in [2.24, 2.45) is 0 Å². The molecule has 0 unspecified atom stereocenters. The maximum Gasteiger partial charge on any atom is 0.224 e. The smallest absolute Gasteiger partial charge is 0.224 e. The number of likely N-dealkylation sites (tertiary alicyclic amines) is 1. The Morgan fingerprint density at radius 2 is 1.97 bits per heavy atom. The predicted molar refractivity (Wildman–Crippen MR) is 112 cm³/mol. The second-order valence-electron chi connectivity index (χ2n) is 8.84. The van der Waals surface area contributed by atoms with E-state index < -0.39 is 17.0 Å². The summed E-state index contributed by atoms with van der Waals surface area (Å²) in [7, 11) is 2.03. The second-order valence-corrected chi connectivity index (χ2v) is 8.84. The van der Waals surface area contributed by atoms with Crippen molar-refractivity contribution < 1.29 is 8.78 Å². The van der Waals surface area contributed by atoms with Crippen molar-refractivity contribution in [1.82, 2.24) is 30.0 Å². The van der Waals surface area contributed by atoms with E-state index in [1.807, 2.05) is 14.0 Å². The number of aromatic nitrogens is 4. The summed E-state index contributed by atoms with van der Waals surface area (Å²) in [6, 6.07) is 0. The van der Waals surface area contributed by atoms with Crippen molar-refractivity contribution >= 4 is 17.6 Å². The van der Waals surface area contributed by atoms with Crippen LogP contribution in [0.15, 0.2) is 6.20 Å². The van der Waals surface area contributed by atoms with Crippen LogP contribution in [0.25, 0.3) is 0 Å². The number of nitrogens with one attached hydrogen (secondary N) is 3. The summed E-state index contributed by atoms with van der Waals surface area (Å²) >= 11 is 0. The molecule has 164 valence electrons. The summed E-state index contributed by atoms with van der Waals surface area (Å²) in [4.78, 5) is 12.4. The molecule has 4 heterocycles. The molecule has 0 aliphatic carbocycles. The molecular formula is C20H30F2N8. The fourth-order valence-corrected chi connectivity index (χ4v) is 4.26. The summed E-state index contributed by atoms with van der Waals surface area (Å²) in [5.74, 6) is 0.356. The van der Waals surface area contributed by atoms with Crippen LogP contribution in [0, 0.1) is 5.82 Å². The maximum atomic E-state index is 15.5. The van der Waals surface area contributed by atoms with E-state index in [1.165, 1.54) is 0 Å². The molecule has 0 radical (unpaired) electrons. The highest BCUT2D eigenvalue weighted by Crippen LogP contribution is 2.43. The average molecular weight is 421 g/mol. The second kappa shape index (κ2) is 7.73. The van der Waals surface area contributed by atoms with E-state index in [0.29, 0.717) is 44.2 Å². The number of anilines is 3.